The quantitative estimate of drug-likeness (QED) is 0.866. The molecule has 0 fully saturated rings. The fraction of sp³-hybridized carbons (Fsp3) is 0.538. The molecule has 0 radical (unpaired) electrons. The number of nitrogens with zero attached hydrogens (tertiary/aromatic N) is 1. The second kappa shape index (κ2) is 5.84. The predicted molar refractivity (Wildman–Crippen MR) is 75.4 cm³/mol. The molecule has 0 bridgehead atoms. The fourth-order valence-electron chi connectivity index (χ4n) is 1.88. The lowest BCUT2D eigenvalue weighted by Gasteiger charge is -2.27. The minimum absolute atomic E-state index is 0.0501. The Morgan fingerprint density at radius 3 is 2.10 bits per heavy atom. The smallest absolute Gasteiger partial charge is 0.398 e. The third-order valence-corrected chi connectivity index (χ3v) is 5.20. The SMILES string of the molecule is Cc1cc(N)c(S(=O)(=O)N(CC(F)(F)F)C(C)C)cc1C. The predicted octanol–water partition coefficient (Wildman–Crippen LogP) is 2.85. The number of alkyl halides is 3. The van der Waals surface area contributed by atoms with Crippen LogP contribution in [-0.2, 0) is 10.0 Å². The Bertz CT molecular complexity index is 625. The zero-order chi connectivity index (χ0) is 16.6. The van der Waals surface area contributed by atoms with Gasteiger partial charge in [-0.15, -0.1) is 0 Å². The molecular formula is C13H19F3N2O2S. The van der Waals surface area contributed by atoms with E-state index in [0.717, 1.165) is 5.56 Å². The zero-order valence-electron chi connectivity index (χ0n) is 12.3. The molecule has 0 atom stereocenters. The summed E-state index contributed by atoms with van der Waals surface area (Å²) in [5.74, 6) is 0. The van der Waals surface area contributed by atoms with Crippen molar-refractivity contribution >= 4 is 15.7 Å². The lowest BCUT2D eigenvalue weighted by molar-refractivity contribution is -0.138. The third kappa shape index (κ3) is 4.10. The number of nitrogens with two attached hydrogens (primary N) is 1. The number of aryl methyl sites for hydroxylation is 2. The molecule has 120 valence electrons. The van der Waals surface area contributed by atoms with E-state index in [4.69, 9.17) is 5.73 Å². The second-order valence-electron chi connectivity index (χ2n) is 5.23. The largest absolute Gasteiger partial charge is 0.402 e. The Morgan fingerprint density at radius 1 is 1.19 bits per heavy atom. The van der Waals surface area contributed by atoms with Crippen molar-refractivity contribution in [3.05, 3.63) is 23.3 Å². The van der Waals surface area contributed by atoms with Gasteiger partial charge in [0.15, 0.2) is 0 Å². The maximum Gasteiger partial charge on any atom is 0.402 e. The molecule has 4 nitrogen and oxygen atoms in total. The second-order valence-corrected chi connectivity index (χ2v) is 7.09. The normalized spacial score (nSPS) is 13.2. The first-order chi connectivity index (χ1) is 9.36. The van der Waals surface area contributed by atoms with Crippen LogP contribution in [0, 0.1) is 13.8 Å². The minimum atomic E-state index is -4.62. The molecule has 1 aromatic carbocycles. The van der Waals surface area contributed by atoms with Gasteiger partial charge < -0.3 is 5.73 Å². The van der Waals surface area contributed by atoms with Crippen molar-refractivity contribution in [3.63, 3.8) is 0 Å². The van der Waals surface area contributed by atoms with E-state index in [9.17, 15) is 21.6 Å². The Morgan fingerprint density at radius 2 is 1.67 bits per heavy atom. The average Bonchev–Trinajstić information content (AvgIpc) is 2.29. The fourth-order valence-corrected chi connectivity index (χ4v) is 3.69. The van der Waals surface area contributed by atoms with Crippen molar-refractivity contribution in [2.75, 3.05) is 12.3 Å². The van der Waals surface area contributed by atoms with Gasteiger partial charge in [-0.25, -0.2) is 8.42 Å². The van der Waals surface area contributed by atoms with Gasteiger partial charge in [-0.05, 0) is 51.0 Å². The van der Waals surface area contributed by atoms with Gasteiger partial charge in [0, 0.05) is 6.04 Å². The molecule has 0 amide bonds. The van der Waals surface area contributed by atoms with Crippen molar-refractivity contribution in [2.45, 2.75) is 44.8 Å². The summed E-state index contributed by atoms with van der Waals surface area (Å²) in [5.41, 5.74) is 7.07. The molecule has 8 heteroatoms. The Hall–Kier alpha value is -1.28. The van der Waals surface area contributed by atoms with Gasteiger partial charge >= 0.3 is 6.18 Å². The van der Waals surface area contributed by atoms with Gasteiger partial charge in [-0.3, -0.25) is 0 Å². The highest BCUT2D eigenvalue weighted by Crippen LogP contribution is 2.29. The standard InChI is InChI=1S/C13H19F3N2O2S/c1-8(2)18(7-13(14,15)16)21(19,20)12-6-10(4)9(3)5-11(12)17/h5-6,8H,7,17H2,1-4H3. The maximum atomic E-state index is 12.6. The minimum Gasteiger partial charge on any atom is -0.398 e. The van der Waals surface area contributed by atoms with Crippen LogP contribution < -0.4 is 5.73 Å². The first-order valence-corrected chi connectivity index (χ1v) is 7.75. The topological polar surface area (TPSA) is 63.4 Å². The molecule has 0 aliphatic carbocycles. The molecule has 2 N–H and O–H groups in total. The van der Waals surface area contributed by atoms with Crippen LogP contribution in [0.2, 0.25) is 0 Å². The number of hydrogen-bond acceptors (Lipinski definition) is 3. The zero-order valence-corrected chi connectivity index (χ0v) is 13.1. The van der Waals surface area contributed by atoms with Gasteiger partial charge in [0.1, 0.15) is 11.4 Å². The molecule has 0 saturated heterocycles. The summed E-state index contributed by atoms with van der Waals surface area (Å²) in [6.07, 6.45) is -4.62. The number of benzene rings is 1. The molecule has 1 aromatic rings. The average molecular weight is 324 g/mol. The van der Waals surface area contributed by atoms with Crippen LogP contribution in [0.1, 0.15) is 25.0 Å². The van der Waals surface area contributed by atoms with Crippen LogP contribution in [-0.4, -0.2) is 31.5 Å². The highest BCUT2D eigenvalue weighted by atomic mass is 32.2. The summed E-state index contributed by atoms with van der Waals surface area (Å²) < 4.78 is 63.2. The van der Waals surface area contributed by atoms with Gasteiger partial charge in [0.2, 0.25) is 10.0 Å². The monoisotopic (exact) mass is 324 g/mol. The van der Waals surface area contributed by atoms with E-state index >= 15 is 0 Å². The lowest BCUT2D eigenvalue weighted by Crippen LogP contribution is -2.43. The summed E-state index contributed by atoms with van der Waals surface area (Å²) in [7, 11) is -4.32. The number of sulfonamides is 1. The van der Waals surface area contributed by atoms with Gasteiger partial charge in [0.05, 0.1) is 5.69 Å². The highest BCUT2D eigenvalue weighted by molar-refractivity contribution is 7.89. The third-order valence-electron chi connectivity index (χ3n) is 3.12. The number of hydrogen-bond donors (Lipinski definition) is 1. The van der Waals surface area contributed by atoms with Crippen LogP contribution in [0.3, 0.4) is 0 Å². The number of halogens is 3. The van der Waals surface area contributed by atoms with Crippen molar-refractivity contribution in [3.8, 4) is 0 Å². The van der Waals surface area contributed by atoms with E-state index in [-0.39, 0.29) is 10.6 Å². The van der Waals surface area contributed by atoms with Crippen molar-refractivity contribution in [1.82, 2.24) is 4.31 Å². The lowest BCUT2D eigenvalue weighted by atomic mass is 10.1. The van der Waals surface area contributed by atoms with Crippen molar-refractivity contribution < 1.29 is 21.6 Å². The van der Waals surface area contributed by atoms with E-state index in [1.54, 1.807) is 13.8 Å². The van der Waals surface area contributed by atoms with Crippen molar-refractivity contribution in [1.29, 1.82) is 0 Å². The summed E-state index contributed by atoms with van der Waals surface area (Å²) in [5, 5.41) is 0. The number of rotatable bonds is 4. The van der Waals surface area contributed by atoms with Crippen LogP contribution in [0.5, 0.6) is 0 Å². The molecule has 0 unspecified atom stereocenters. The molecule has 0 aliphatic heterocycles. The van der Waals surface area contributed by atoms with E-state index in [0.29, 0.717) is 9.87 Å². The molecule has 0 heterocycles. The molecule has 1 rings (SSSR count). The van der Waals surface area contributed by atoms with Crippen LogP contribution in [0.25, 0.3) is 0 Å². The molecule has 0 aliphatic rings. The Balaban J connectivity index is 3.40. The van der Waals surface area contributed by atoms with E-state index in [1.165, 1.54) is 26.0 Å². The van der Waals surface area contributed by atoms with Gasteiger partial charge in [0.25, 0.3) is 0 Å². The molecule has 21 heavy (non-hydrogen) atoms. The maximum absolute atomic E-state index is 12.6. The van der Waals surface area contributed by atoms with Crippen LogP contribution in [0.15, 0.2) is 17.0 Å². The van der Waals surface area contributed by atoms with Crippen LogP contribution in [0.4, 0.5) is 18.9 Å². The van der Waals surface area contributed by atoms with E-state index in [1.807, 2.05) is 0 Å². The van der Waals surface area contributed by atoms with Gasteiger partial charge in [-0.2, -0.15) is 17.5 Å². The summed E-state index contributed by atoms with van der Waals surface area (Å²) in [4.78, 5) is -0.288. The highest BCUT2D eigenvalue weighted by Gasteiger charge is 2.39. The number of nitrogen functional groups attached to an aromatic ring is 1. The Labute approximate surface area is 122 Å². The summed E-state index contributed by atoms with van der Waals surface area (Å²) in [6, 6.07) is 1.93. The summed E-state index contributed by atoms with van der Waals surface area (Å²) >= 11 is 0. The molecular weight excluding hydrogens is 305 g/mol. The Kier molecular flexibility index (Phi) is 4.94. The molecule has 0 aromatic heterocycles. The molecule has 0 saturated carbocycles. The first kappa shape index (κ1) is 17.8. The first-order valence-electron chi connectivity index (χ1n) is 6.31. The van der Waals surface area contributed by atoms with E-state index in [2.05, 4.69) is 0 Å². The van der Waals surface area contributed by atoms with Gasteiger partial charge in [-0.1, -0.05) is 0 Å². The summed E-state index contributed by atoms with van der Waals surface area (Å²) in [6.45, 7) is 4.66. The van der Waals surface area contributed by atoms with Crippen molar-refractivity contribution in [2.24, 2.45) is 0 Å². The molecule has 0 spiro atoms. The van der Waals surface area contributed by atoms with Crippen LogP contribution >= 0.6 is 0 Å². The number of anilines is 1. The van der Waals surface area contributed by atoms with E-state index < -0.39 is 28.8 Å².